The van der Waals surface area contributed by atoms with Gasteiger partial charge in [0.1, 0.15) is 0 Å². The molecule has 96 valence electrons. The van der Waals surface area contributed by atoms with Crippen LogP contribution in [0, 0.1) is 0 Å². The van der Waals surface area contributed by atoms with Gasteiger partial charge in [-0.2, -0.15) is 8.78 Å². The Labute approximate surface area is 99.1 Å². The van der Waals surface area contributed by atoms with E-state index in [-0.39, 0.29) is 11.7 Å². The molecule has 0 aliphatic carbocycles. The van der Waals surface area contributed by atoms with Gasteiger partial charge in [-0.3, -0.25) is 4.72 Å². The molecule has 1 aromatic rings. The van der Waals surface area contributed by atoms with Crippen molar-refractivity contribution in [1.29, 1.82) is 0 Å². The molecule has 7 heteroatoms. The number of hydrogen-bond donors (Lipinski definition) is 2. The van der Waals surface area contributed by atoms with Gasteiger partial charge in [-0.15, -0.1) is 0 Å². The molecular weight excluding hydrogens is 250 g/mol. The Morgan fingerprint density at radius 1 is 1.18 bits per heavy atom. The van der Waals surface area contributed by atoms with Crippen molar-refractivity contribution in [3.05, 3.63) is 29.8 Å². The number of hydrogen-bond acceptors (Lipinski definition) is 3. The Morgan fingerprint density at radius 2 is 1.71 bits per heavy atom. The quantitative estimate of drug-likeness (QED) is 0.854. The zero-order valence-corrected chi connectivity index (χ0v) is 10.3. The maximum Gasteiger partial charge on any atom is 0.355 e. The van der Waals surface area contributed by atoms with Crippen molar-refractivity contribution >= 4 is 15.7 Å². The van der Waals surface area contributed by atoms with E-state index >= 15 is 0 Å². The summed E-state index contributed by atoms with van der Waals surface area (Å²) in [4.78, 5) is 0. The third-order valence-corrected chi connectivity index (χ3v) is 3.33. The maximum atomic E-state index is 12.1. The first-order valence-corrected chi connectivity index (χ1v) is 6.48. The van der Waals surface area contributed by atoms with Crippen LogP contribution in [0.15, 0.2) is 24.3 Å². The third-order valence-electron chi connectivity index (χ3n) is 2.34. The highest BCUT2D eigenvalue weighted by Crippen LogP contribution is 2.18. The lowest BCUT2D eigenvalue weighted by Crippen LogP contribution is -2.20. The monoisotopic (exact) mass is 264 g/mol. The molecule has 2 N–H and O–H groups in total. The highest BCUT2D eigenvalue weighted by Gasteiger charge is 2.23. The minimum atomic E-state index is -4.59. The van der Waals surface area contributed by atoms with E-state index in [0.717, 1.165) is 5.56 Å². The minimum absolute atomic E-state index is 0.107. The predicted molar refractivity (Wildman–Crippen MR) is 62.5 cm³/mol. The van der Waals surface area contributed by atoms with E-state index in [0.29, 0.717) is 0 Å². The van der Waals surface area contributed by atoms with E-state index in [1.165, 1.54) is 12.1 Å². The van der Waals surface area contributed by atoms with Crippen molar-refractivity contribution in [1.82, 2.24) is 5.32 Å². The average Bonchev–Trinajstić information content (AvgIpc) is 2.28. The fraction of sp³-hybridized carbons (Fsp3) is 0.400. The molecule has 0 radical (unpaired) electrons. The topological polar surface area (TPSA) is 58.2 Å². The van der Waals surface area contributed by atoms with Gasteiger partial charge in [-0.25, -0.2) is 8.42 Å². The standard InChI is InChI=1S/C10H14F2N2O2S/c1-7(13-2)8-3-5-9(6-4-8)14-17(15,16)10(11)12/h3-7,10,13-14H,1-2H3. The lowest BCUT2D eigenvalue weighted by atomic mass is 10.1. The zero-order valence-electron chi connectivity index (χ0n) is 9.44. The van der Waals surface area contributed by atoms with Crippen LogP contribution >= 0.6 is 0 Å². The highest BCUT2D eigenvalue weighted by atomic mass is 32.2. The Bertz CT molecular complexity index is 460. The Balaban J connectivity index is 2.83. The van der Waals surface area contributed by atoms with Crippen LogP contribution in [0.4, 0.5) is 14.5 Å². The normalized spacial score (nSPS) is 13.7. The number of nitrogens with one attached hydrogen (secondary N) is 2. The summed E-state index contributed by atoms with van der Waals surface area (Å²) in [6, 6.07) is 6.34. The number of rotatable bonds is 5. The third kappa shape index (κ3) is 3.64. The molecule has 17 heavy (non-hydrogen) atoms. The smallest absolute Gasteiger partial charge is 0.313 e. The lowest BCUT2D eigenvalue weighted by Gasteiger charge is -2.12. The van der Waals surface area contributed by atoms with Crippen molar-refractivity contribution in [3.8, 4) is 0 Å². The van der Waals surface area contributed by atoms with Crippen molar-refractivity contribution in [3.63, 3.8) is 0 Å². The molecular formula is C10H14F2N2O2S. The van der Waals surface area contributed by atoms with E-state index in [4.69, 9.17) is 0 Å². The Kier molecular flexibility index (Phi) is 4.41. The Hall–Kier alpha value is -1.21. The van der Waals surface area contributed by atoms with Gasteiger partial charge in [0.05, 0.1) is 0 Å². The summed E-state index contributed by atoms with van der Waals surface area (Å²) in [6.45, 7) is 1.93. The summed E-state index contributed by atoms with van der Waals surface area (Å²) >= 11 is 0. The lowest BCUT2D eigenvalue weighted by molar-refractivity contribution is 0.236. The second-order valence-electron chi connectivity index (χ2n) is 3.54. The molecule has 1 rings (SSSR count). The first-order chi connectivity index (χ1) is 7.86. The second kappa shape index (κ2) is 5.42. The largest absolute Gasteiger partial charge is 0.355 e. The van der Waals surface area contributed by atoms with Crippen LogP contribution in [0.5, 0.6) is 0 Å². The summed E-state index contributed by atoms with van der Waals surface area (Å²) in [5.74, 6) is -3.43. The number of benzene rings is 1. The van der Waals surface area contributed by atoms with Gasteiger partial charge in [0.2, 0.25) is 0 Å². The average molecular weight is 264 g/mol. The zero-order chi connectivity index (χ0) is 13.1. The molecule has 0 amide bonds. The molecule has 0 aliphatic heterocycles. The fourth-order valence-electron chi connectivity index (χ4n) is 1.22. The number of sulfonamides is 1. The number of halogens is 2. The summed E-state index contributed by atoms with van der Waals surface area (Å²) < 4.78 is 47.8. The molecule has 0 spiro atoms. The van der Waals surface area contributed by atoms with E-state index in [1.54, 1.807) is 23.9 Å². The molecule has 0 aliphatic rings. The van der Waals surface area contributed by atoms with Crippen molar-refractivity contribution < 1.29 is 17.2 Å². The molecule has 0 saturated carbocycles. The van der Waals surface area contributed by atoms with Gasteiger partial charge in [-0.1, -0.05) is 12.1 Å². The maximum absolute atomic E-state index is 12.1. The molecule has 0 bridgehead atoms. The SMILES string of the molecule is CNC(C)c1ccc(NS(=O)(=O)C(F)F)cc1. The van der Waals surface area contributed by atoms with Crippen molar-refractivity contribution in [2.45, 2.75) is 18.7 Å². The van der Waals surface area contributed by atoms with E-state index < -0.39 is 15.8 Å². The van der Waals surface area contributed by atoms with Gasteiger partial charge in [-0.05, 0) is 31.7 Å². The molecule has 0 saturated heterocycles. The molecule has 4 nitrogen and oxygen atoms in total. The van der Waals surface area contributed by atoms with Crippen LogP contribution in [0.2, 0.25) is 0 Å². The van der Waals surface area contributed by atoms with Gasteiger partial charge < -0.3 is 5.32 Å². The van der Waals surface area contributed by atoms with E-state index in [1.807, 2.05) is 6.92 Å². The summed E-state index contributed by atoms with van der Waals surface area (Å²) in [7, 11) is -2.80. The van der Waals surface area contributed by atoms with Crippen LogP contribution in [0.1, 0.15) is 18.5 Å². The summed E-state index contributed by atoms with van der Waals surface area (Å²) in [5.41, 5.74) is 1.06. The molecule has 1 unspecified atom stereocenters. The summed E-state index contributed by atoms with van der Waals surface area (Å²) in [6.07, 6.45) is 0. The highest BCUT2D eigenvalue weighted by molar-refractivity contribution is 7.93. The second-order valence-corrected chi connectivity index (χ2v) is 5.19. The number of anilines is 1. The van der Waals surface area contributed by atoms with Crippen LogP contribution in [-0.2, 0) is 10.0 Å². The van der Waals surface area contributed by atoms with Crippen LogP contribution in [0.25, 0.3) is 0 Å². The molecule has 1 atom stereocenters. The molecule has 0 heterocycles. The molecule has 1 aromatic carbocycles. The van der Waals surface area contributed by atoms with Gasteiger partial charge >= 0.3 is 5.76 Å². The number of alkyl halides is 2. The van der Waals surface area contributed by atoms with Gasteiger partial charge in [0, 0.05) is 11.7 Å². The van der Waals surface area contributed by atoms with Gasteiger partial charge in [0.15, 0.2) is 0 Å². The first-order valence-electron chi connectivity index (χ1n) is 4.94. The minimum Gasteiger partial charge on any atom is -0.313 e. The van der Waals surface area contributed by atoms with Crippen molar-refractivity contribution in [2.75, 3.05) is 11.8 Å². The van der Waals surface area contributed by atoms with Gasteiger partial charge in [0.25, 0.3) is 10.0 Å². The van der Waals surface area contributed by atoms with E-state index in [9.17, 15) is 17.2 Å². The summed E-state index contributed by atoms with van der Waals surface area (Å²) in [5, 5.41) is 3.01. The first kappa shape index (κ1) is 13.9. The molecule has 0 aromatic heterocycles. The fourth-order valence-corrected chi connectivity index (χ4v) is 1.77. The molecule has 0 fully saturated rings. The van der Waals surface area contributed by atoms with E-state index in [2.05, 4.69) is 5.32 Å². The van der Waals surface area contributed by atoms with Crippen LogP contribution in [-0.4, -0.2) is 21.2 Å². The van der Waals surface area contributed by atoms with Crippen LogP contribution in [0.3, 0.4) is 0 Å². The van der Waals surface area contributed by atoms with Crippen molar-refractivity contribution in [2.24, 2.45) is 0 Å². The van der Waals surface area contributed by atoms with Crippen LogP contribution < -0.4 is 10.0 Å². The predicted octanol–water partition coefficient (Wildman–Crippen LogP) is 1.93. The Morgan fingerprint density at radius 3 is 2.12 bits per heavy atom.